The van der Waals surface area contributed by atoms with Gasteiger partial charge in [0.2, 0.25) is 0 Å². The Labute approximate surface area is 161 Å². The molecule has 1 aliphatic heterocycles. The molecule has 1 amide bonds. The van der Waals surface area contributed by atoms with E-state index in [-0.39, 0.29) is 23.7 Å². The molecule has 1 saturated carbocycles. The van der Waals surface area contributed by atoms with Crippen LogP contribution in [0.5, 0.6) is 0 Å². The number of carbonyl (C=O) groups excluding carboxylic acids is 1. The first kappa shape index (κ1) is 17.4. The maximum absolute atomic E-state index is 12.3. The summed E-state index contributed by atoms with van der Waals surface area (Å²) in [5.41, 5.74) is 2.20. The van der Waals surface area contributed by atoms with Gasteiger partial charge in [-0.05, 0) is 31.7 Å². The Morgan fingerprint density at radius 2 is 2.29 bits per heavy atom. The number of amides is 1. The van der Waals surface area contributed by atoms with Crippen molar-refractivity contribution in [3.8, 4) is 0 Å². The molecule has 9 heteroatoms. The van der Waals surface area contributed by atoms with Crippen LogP contribution in [-0.2, 0) is 9.47 Å². The fourth-order valence-electron chi connectivity index (χ4n) is 4.48. The molecule has 4 heterocycles. The molecule has 9 nitrogen and oxygen atoms in total. The smallest absolute Gasteiger partial charge is 0.407 e. The highest BCUT2D eigenvalue weighted by Crippen LogP contribution is 2.42. The standard InChI is InChI=1S/C19H24N6O3/c1-3-11-6-12(28-18(26)22-19(2)9-27-10-19)7-13(11)17-24-23-15-8-21-16-14(25(15)17)4-5-20-16/h4-5,8,11-13,20H,3,6-7,9-10H2,1-2H3,(H,22,26). The lowest BCUT2D eigenvalue weighted by Crippen LogP contribution is -2.60. The van der Waals surface area contributed by atoms with Gasteiger partial charge in [-0.2, -0.15) is 0 Å². The van der Waals surface area contributed by atoms with E-state index in [2.05, 4.69) is 36.8 Å². The molecule has 2 N–H and O–H groups in total. The average molecular weight is 384 g/mol. The molecule has 0 aromatic carbocycles. The van der Waals surface area contributed by atoms with E-state index in [0.29, 0.717) is 19.1 Å². The summed E-state index contributed by atoms with van der Waals surface area (Å²) in [6, 6.07) is 1.99. The maximum atomic E-state index is 12.3. The van der Waals surface area contributed by atoms with Crippen LogP contribution in [0.4, 0.5) is 4.79 Å². The number of fused-ring (bicyclic) bond motifs is 3. The van der Waals surface area contributed by atoms with Crippen LogP contribution in [0.1, 0.15) is 44.9 Å². The second kappa shape index (κ2) is 6.44. The van der Waals surface area contributed by atoms with Crippen LogP contribution in [0.2, 0.25) is 0 Å². The van der Waals surface area contributed by atoms with E-state index in [9.17, 15) is 4.79 Å². The number of alkyl carbamates (subject to hydrolysis) is 1. The number of H-pyrrole nitrogens is 1. The molecule has 148 valence electrons. The number of nitrogens with zero attached hydrogens (tertiary/aromatic N) is 4. The molecule has 0 bridgehead atoms. The Bertz CT molecular complexity index is 1020. The summed E-state index contributed by atoms with van der Waals surface area (Å²) in [4.78, 5) is 19.8. The Balaban J connectivity index is 1.38. The van der Waals surface area contributed by atoms with E-state index in [1.807, 2.05) is 19.2 Å². The van der Waals surface area contributed by atoms with Gasteiger partial charge in [0.15, 0.2) is 11.3 Å². The van der Waals surface area contributed by atoms with Crippen molar-refractivity contribution in [2.75, 3.05) is 13.2 Å². The van der Waals surface area contributed by atoms with Crippen LogP contribution in [0.3, 0.4) is 0 Å². The number of nitrogens with one attached hydrogen (secondary N) is 2. The minimum atomic E-state index is -0.366. The van der Waals surface area contributed by atoms with Crippen LogP contribution >= 0.6 is 0 Å². The molecule has 3 aromatic heterocycles. The van der Waals surface area contributed by atoms with Crippen molar-refractivity contribution in [3.05, 3.63) is 24.3 Å². The van der Waals surface area contributed by atoms with E-state index in [1.54, 1.807) is 6.20 Å². The lowest BCUT2D eigenvalue weighted by atomic mass is 9.93. The van der Waals surface area contributed by atoms with Gasteiger partial charge in [0.05, 0.1) is 30.5 Å². The Hall–Kier alpha value is -2.68. The maximum Gasteiger partial charge on any atom is 0.407 e. The van der Waals surface area contributed by atoms with Gasteiger partial charge in [-0.15, -0.1) is 10.2 Å². The summed E-state index contributed by atoms with van der Waals surface area (Å²) in [5.74, 6) is 1.48. The molecular formula is C19H24N6O3. The molecule has 3 unspecified atom stereocenters. The van der Waals surface area contributed by atoms with Gasteiger partial charge in [0, 0.05) is 12.1 Å². The van der Waals surface area contributed by atoms with Crippen molar-refractivity contribution in [2.45, 2.75) is 50.7 Å². The van der Waals surface area contributed by atoms with Gasteiger partial charge in [0.25, 0.3) is 0 Å². The van der Waals surface area contributed by atoms with Crippen molar-refractivity contribution < 1.29 is 14.3 Å². The van der Waals surface area contributed by atoms with Gasteiger partial charge >= 0.3 is 6.09 Å². The van der Waals surface area contributed by atoms with E-state index in [0.717, 1.165) is 41.9 Å². The summed E-state index contributed by atoms with van der Waals surface area (Å²) in [5, 5.41) is 11.7. The van der Waals surface area contributed by atoms with Crippen LogP contribution < -0.4 is 5.32 Å². The van der Waals surface area contributed by atoms with Gasteiger partial charge < -0.3 is 19.8 Å². The number of rotatable bonds is 4. The largest absolute Gasteiger partial charge is 0.446 e. The van der Waals surface area contributed by atoms with Crippen LogP contribution in [0.25, 0.3) is 16.8 Å². The molecule has 3 aromatic rings. The van der Waals surface area contributed by atoms with Crippen LogP contribution in [-0.4, -0.2) is 55.5 Å². The van der Waals surface area contributed by atoms with Crippen molar-refractivity contribution in [1.82, 2.24) is 29.9 Å². The SMILES string of the molecule is CCC1CC(OC(=O)NC2(C)COC2)CC1c1nnc2cnc3[nH]ccc3n12. The lowest BCUT2D eigenvalue weighted by Gasteiger charge is -2.38. The first-order valence-electron chi connectivity index (χ1n) is 9.80. The molecular weight excluding hydrogens is 360 g/mol. The summed E-state index contributed by atoms with van der Waals surface area (Å²) in [6.07, 6.45) is 5.67. The first-order valence-corrected chi connectivity index (χ1v) is 9.80. The quantitative estimate of drug-likeness (QED) is 0.715. The topological polar surface area (TPSA) is 106 Å². The highest BCUT2D eigenvalue weighted by molar-refractivity contribution is 5.74. The van der Waals surface area contributed by atoms with Crippen molar-refractivity contribution in [1.29, 1.82) is 0 Å². The molecule has 1 aliphatic carbocycles. The summed E-state index contributed by atoms with van der Waals surface area (Å²) in [6.45, 7) is 5.19. The van der Waals surface area contributed by atoms with E-state index in [4.69, 9.17) is 9.47 Å². The van der Waals surface area contributed by atoms with Gasteiger partial charge in [-0.3, -0.25) is 4.40 Å². The molecule has 2 aliphatic rings. The molecule has 0 radical (unpaired) electrons. The van der Waals surface area contributed by atoms with Gasteiger partial charge in [-0.1, -0.05) is 13.3 Å². The minimum Gasteiger partial charge on any atom is -0.446 e. The molecule has 0 spiro atoms. The van der Waals surface area contributed by atoms with Crippen molar-refractivity contribution >= 4 is 22.9 Å². The third-order valence-corrected chi connectivity index (χ3v) is 5.99. The Morgan fingerprint density at radius 1 is 1.43 bits per heavy atom. The average Bonchev–Trinajstić information content (AvgIpc) is 3.36. The second-order valence-electron chi connectivity index (χ2n) is 8.17. The third-order valence-electron chi connectivity index (χ3n) is 5.99. The van der Waals surface area contributed by atoms with E-state index in [1.165, 1.54) is 0 Å². The van der Waals surface area contributed by atoms with Crippen LogP contribution in [0, 0.1) is 5.92 Å². The zero-order valence-corrected chi connectivity index (χ0v) is 16.0. The predicted octanol–water partition coefficient (Wildman–Crippen LogP) is 2.39. The first-order chi connectivity index (χ1) is 13.6. The Kier molecular flexibility index (Phi) is 4.01. The number of ether oxygens (including phenoxy) is 2. The Morgan fingerprint density at radius 3 is 3.04 bits per heavy atom. The molecule has 5 rings (SSSR count). The van der Waals surface area contributed by atoms with E-state index < -0.39 is 0 Å². The molecule has 1 saturated heterocycles. The highest BCUT2D eigenvalue weighted by atomic mass is 16.6. The molecule has 3 atom stereocenters. The number of aromatic nitrogens is 5. The lowest BCUT2D eigenvalue weighted by molar-refractivity contribution is -0.0636. The van der Waals surface area contributed by atoms with Crippen molar-refractivity contribution in [2.24, 2.45) is 5.92 Å². The summed E-state index contributed by atoms with van der Waals surface area (Å²) in [7, 11) is 0. The molecule has 2 fully saturated rings. The number of hydrogen-bond acceptors (Lipinski definition) is 6. The number of carbonyl (C=O) groups is 1. The van der Waals surface area contributed by atoms with E-state index >= 15 is 0 Å². The van der Waals surface area contributed by atoms with Crippen molar-refractivity contribution in [3.63, 3.8) is 0 Å². The summed E-state index contributed by atoms with van der Waals surface area (Å²) < 4.78 is 13.0. The minimum absolute atomic E-state index is 0.129. The second-order valence-corrected chi connectivity index (χ2v) is 8.17. The zero-order chi connectivity index (χ0) is 19.3. The fraction of sp³-hybridized carbons (Fsp3) is 0.579. The third kappa shape index (κ3) is 2.81. The van der Waals surface area contributed by atoms with Gasteiger partial charge in [0.1, 0.15) is 11.9 Å². The van der Waals surface area contributed by atoms with Crippen LogP contribution in [0.15, 0.2) is 18.5 Å². The fourth-order valence-corrected chi connectivity index (χ4v) is 4.48. The van der Waals surface area contributed by atoms with Gasteiger partial charge in [-0.25, -0.2) is 9.78 Å². The number of aromatic amines is 1. The summed E-state index contributed by atoms with van der Waals surface area (Å²) >= 11 is 0. The molecule has 28 heavy (non-hydrogen) atoms. The zero-order valence-electron chi connectivity index (χ0n) is 16.0. The highest BCUT2D eigenvalue weighted by Gasteiger charge is 2.41. The normalized spacial score (nSPS) is 26.4. The predicted molar refractivity (Wildman–Crippen MR) is 101 cm³/mol. The number of hydrogen-bond donors (Lipinski definition) is 2. The monoisotopic (exact) mass is 384 g/mol.